The lowest BCUT2D eigenvalue weighted by Crippen LogP contribution is -2.39. The van der Waals surface area contributed by atoms with Gasteiger partial charge in [0.15, 0.2) is 0 Å². The van der Waals surface area contributed by atoms with Crippen molar-refractivity contribution in [1.82, 2.24) is 5.32 Å². The fraction of sp³-hybridized carbons (Fsp3) is 0.600. The van der Waals surface area contributed by atoms with Gasteiger partial charge in [0.2, 0.25) is 11.8 Å². The van der Waals surface area contributed by atoms with Gasteiger partial charge in [-0.05, 0) is 50.2 Å². The molecule has 7 heteroatoms. The maximum Gasteiger partial charge on any atom is 0.227 e. The molecule has 2 bridgehead atoms. The summed E-state index contributed by atoms with van der Waals surface area (Å²) in [5.74, 6) is 1.28. The molecule has 6 nitrogen and oxygen atoms in total. The van der Waals surface area contributed by atoms with Gasteiger partial charge in [-0.3, -0.25) is 9.59 Å². The molecule has 2 amide bonds. The number of methoxy groups -OCH3 is 1. The van der Waals surface area contributed by atoms with Gasteiger partial charge in [-0.25, -0.2) is 0 Å². The molecule has 0 saturated carbocycles. The largest absolute Gasteiger partial charge is 0.494 e. The van der Waals surface area contributed by atoms with E-state index in [2.05, 4.69) is 10.6 Å². The summed E-state index contributed by atoms with van der Waals surface area (Å²) in [5.41, 5.74) is 1.50. The number of hydrogen-bond acceptors (Lipinski definition) is 4. The zero-order valence-electron chi connectivity index (χ0n) is 15.7. The molecule has 2 N–H and O–H groups in total. The van der Waals surface area contributed by atoms with Crippen molar-refractivity contribution in [2.24, 2.45) is 5.92 Å². The minimum absolute atomic E-state index is 0. The number of ether oxygens (including phenoxy) is 1. The van der Waals surface area contributed by atoms with Gasteiger partial charge in [0.1, 0.15) is 5.75 Å². The molecule has 1 aromatic rings. The molecule has 27 heavy (non-hydrogen) atoms. The standard InChI is InChI=1S/C20H27N3O3.ClH/c1-26-18-12-16(6-7-17(18)23-8-2-3-20(23)25)22-19(24)11-13-9-14-4-5-15(10-13)21-14;/h6-7,12-15,21H,2-5,8-11H2,1H3,(H,22,24);1H. The molecular formula is C20H28ClN3O3. The number of carbonyl (C=O) groups is 2. The Balaban J connectivity index is 0.00000210. The molecule has 0 aliphatic carbocycles. The van der Waals surface area contributed by atoms with Crippen molar-refractivity contribution in [3.05, 3.63) is 18.2 Å². The van der Waals surface area contributed by atoms with Crippen LogP contribution in [0.1, 0.15) is 44.9 Å². The smallest absolute Gasteiger partial charge is 0.227 e. The lowest BCUT2D eigenvalue weighted by atomic mass is 9.89. The van der Waals surface area contributed by atoms with E-state index in [1.165, 1.54) is 12.8 Å². The fourth-order valence-electron chi connectivity index (χ4n) is 4.70. The van der Waals surface area contributed by atoms with Gasteiger partial charge in [0.25, 0.3) is 0 Å². The van der Waals surface area contributed by atoms with Crippen LogP contribution in [-0.2, 0) is 9.59 Å². The predicted molar refractivity (Wildman–Crippen MR) is 108 cm³/mol. The number of hydrogen-bond donors (Lipinski definition) is 2. The molecule has 0 radical (unpaired) electrons. The monoisotopic (exact) mass is 393 g/mol. The molecule has 3 heterocycles. The van der Waals surface area contributed by atoms with E-state index in [1.807, 2.05) is 18.2 Å². The van der Waals surface area contributed by atoms with Crippen molar-refractivity contribution in [3.8, 4) is 5.75 Å². The van der Waals surface area contributed by atoms with Crippen LogP contribution in [-0.4, -0.2) is 37.6 Å². The van der Waals surface area contributed by atoms with Crippen molar-refractivity contribution in [3.63, 3.8) is 0 Å². The van der Waals surface area contributed by atoms with Crippen LogP contribution in [0, 0.1) is 5.92 Å². The van der Waals surface area contributed by atoms with E-state index in [1.54, 1.807) is 12.0 Å². The lowest BCUT2D eigenvalue weighted by Gasteiger charge is -2.28. The summed E-state index contributed by atoms with van der Waals surface area (Å²) < 4.78 is 5.46. The second-order valence-electron chi connectivity index (χ2n) is 7.76. The number of amides is 2. The van der Waals surface area contributed by atoms with Crippen LogP contribution in [0.15, 0.2) is 18.2 Å². The molecule has 148 valence electrons. The summed E-state index contributed by atoms with van der Waals surface area (Å²) in [6.07, 6.45) is 6.72. The van der Waals surface area contributed by atoms with E-state index in [-0.39, 0.29) is 24.2 Å². The Hall–Kier alpha value is -1.79. The summed E-state index contributed by atoms with van der Waals surface area (Å²) in [5, 5.41) is 6.61. The zero-order chi connectivity index (χ0) is 18.1. The molecular weight excluding hydrogens is 366 g/mol. The second-order valence-corrected chi connectivity index (χ2v) is 7.76. The molecule has 3 aliphatic rings. The van der Waals surface area contributed by atoms with Crippen molar-refractivity contribution >= 4 is 35.6 Å². The first kappa shape index (κ1) is 20.0. The van der Waals surface area contributed by atoms with Gasteiger partial charge in [0, 0.05) is 43.2 Å². The van der Waals surface area contributed by atoms with E-state index < -0.39 is 0 Å². The summed E-state index contributed by atoms with van der Waals surface area (Å²) in [4.78, 5) is 26.2. The summed E-state index contributed by atoms with van der Waals surface area (Å²) >= 11 is 0. The van der Waals surface area contributed by atoms with Crippen molar-refractivity contribution in [2.75, 3.05) is 23.9 Å². The molecule has 3 fully saturated rings. The SMILES string of the molecule is COc1cc(NC(=O)CC2CC3CCC(C2)N3)ccc1N1CCCC1=O.Cl. The zero-order valence-corrected chi connectivity index (χ0v) is 16.5. The molecule has 2 unspecified atom stereocenters. The summed E-state index contributed by atoms with van der Waals surface area (Å²) in [6.45, 7) is 0.721. The molecule has 4 rings (SSSR count). The topological polar surface area (TPSA) is 70.7 Å². The van der Waals surface area contributed by atoms with E-state index in [0.29, 0.717) is 36.6 Å². The average molecular weight is 394 g/mol. The van der Waals surface area contributed by atoms with Gasteiger partial charge in [0.05, 0.1) is 12.8 Å². The Morgan fingerprint density at radius 2 is 2.04 bits per heavy atom. The van der Waals surface area contributed by atoms with E-state index >= 15 is 0 Å². The number of fused-ring (bicyclic) bond motifs is 2. The highest BCUT2D eigenvalue weighted by atomic mass is 35.5. The van der Waals surface area contributed by atoms with Crippen molar-refractivity contribution in [1.29, 1.82) is 0 Å². The highest BCUT2D eigenvalue weighted by Gasteiger charge is 2.34. The third-order valence-electron chi connectivity index (χ3n) is 5.87. The second kappa shape index (κ2) is 8.48. The van der Waals surface area contributed by atoms with Gasteiger partial charge in [-0.1, -0.05) is 0 Å². The minimum atomic E-state index is 0. The maximum absolute atomic E-state index is 12.5. The van der Waals surface area contributed by atoms with E-state index in [9.17, 15) is 9.59 Å². The van der Waals surface area contributed by atoms with Crippen LogP contribution in [0.4, 0.5) is 11.4 Å². The van der Waals surface area contributed by atoms with Crippen LogP contribution >= 0.6 is 12.4 Å². The number of rotatable bonds is 5. The molecule has 0 spiro atoms. The third kappa shape index (κ3) is 4.38. The number of benzene rings is 1. The average Bonchev–Trinajstić information content (AvgIpc) is 3.19. The molecule has 2 atom stereocenters. The van der Waals surface area contributed by atoms with Crippen molar-refractivity contribution < 1.29 is 14.3 Å². The summed E-state index contributed by atoms with van der Waals surface area (Å²) in [6, 6.07) is 6.73. The fourth-order valence-corrected chi connectivity index (χ4v) is 4.70. The van der Waals surface area contributed by atoms with Gasteiger partial charge >= 0.3 is 0 Å². The van der Waals surface area contributed by atoms with Gasteiger partial charge < -0.3 is 20.3 Å². The minimum Gasteiger partial charge on any atom is -0.494 e. The lowest BCUT2D eigenvalue weighted by molar-refractivity contribution is -0.118. The Labute approximate surface area is 166 Å². The predicted octanol–water partition coefficient (Wildman–Crippen LogP) is 3.10. The molecule has 1 aromatic carbocycles. The maximum atomic E-state index is 12.5. The quantitative estimate of drug-likeness (QED) is 0.806. The van der Waals surface area contributed by atoms with Crippen LogP contribution in [0.5, 0.6) is 5.75 Å². The van der Waals surface area contributed by atoms with Crippen LogP contribution < -0.4 is 20.3 Å². The van der Waals surface area contributed by atoms with Crippen LogP contribution in [0.2, 0.25) is 0 Å². The number of nitrogens with one attached hydrogen (secondary N) is 2. The van der Waals surface area contributed by atoms with Crippen molar-refractivity contribution in [2.45, 2.75) is 57.0 Å². The first-order chi connectivity index (χ1) is 12.6. The number of piperidine rings is 1. The number of halogens is 1. The highest BCUT2D eigenvalue weighted by molar-refractivity contribution is 5.98. The first-order valence-corrected chi connectivity index (χ1v) is 9.66. The first-order valence-electron chi connectivity index (χ1n) is 9.66. The Morgan fingerprint density at radius 1 is 1.30 bits per heavy atom. The van der Waals surface area contributed by atoms with Crippen LogP contribution in [0.3, 0.4) is 0 Å². The van der Waals surface area contributed by atoms with Gasteiger partial charge in [-0.15, -0.1) is 12.4 Å². The Morgan fingerprint density at radius 3 is 2.67 bits per heavy atom. The highest BCUT2D eigenvalue weighted by Crippen LogP contribution is 2.35. The van der Waals surface area contributed by atoms with Crippen LogP contribution in [0.25, 0.3) is 0 Å². The normalized spacial score (nSPS) is 26.6. The van der Waals surface area contributed by atoms with E-state index in [0.717, 1.165) is 37.2 Å². The number of carbonyl (C=O) groups excluding carboxylic acids is 2. The number of anilines is 2. The number of nitrogens with zero attached hydrogens (tertiary/aromatic N) is 1. The molecule has 3 saturated heterocycles. The van der Waals surface area contributed by atoms with Gasteiger partial charge in [-0.2, -0.15) is 0 Å². The molecule has 0 aromatic heterocycles. The Kier molecular flexibility index (Phi) is 6.27. The summed E-state index contributed by atoms with van der Waals surface area (Å²) in [7, 11) is 1.59. The third-order valence-corrected chi connectivity index (χ3v) is 5.87. The Bertz CT molecular complexity index is 700. The van der Waals surface area contributed by atoms with E-state index in [4.69, 9.17) is 4.74 Å². The molecule has 3 aliphatic heterocycles.